The number of rotatable bonds is 27. The Bertz CT molecular complexity index is 2710. The number of carbonyl (C=O) groups excluding carboxylic acids is 2. The van der Waals surface area contributed by atoms with Gasteiger partial charge in [-0.15, -0.1) is 0 Å². The van der Waals surface area contributed by atoms with Crippen LogP contribution in [0.5, 0.6) is 0 Å². The fraction of sp³-hybridized carbons (Fsp3) is 0.966. The van der Waals surface area contributed by atoms with Gasteiger partial charge >= 0.3 is 0 Å². The molecule has 29 N–H and O–H groups in total. The second-order valence-corrected chi connectivity index (χ2v) is 26.7. The number of aliphatic hydroxyl groups is 27. The van der Waals surface area contributed by atoms with Crippen LogP contribution in [0.2, 0.25) is 0 Å². The summed E-state index contributed by atoms with van der Waals surface area (Å²) in [6, 6.07) is -3.55. The molecule has 48 heteroatoms. The molecule has 9 aliphatic rings. The van der Waals surface area contributed by atoms with Gasteiger partial charge in [-0.1, -0.05) is 0 Å². The number of amides is 2. The molecule has 1 unspecified atom stereocenters. The van der Waals surface area contributed by atoms with Crippen molar-refractivity contribution < 1.29 is 228 Å². The highest BCUT2D eigenvalue weighted by Crippen LogP contribution is 2.39. The van der Waals surface area contributed by atoms with E-state index in [1.165, 1.54) is 0 Å². The molecule has 9 saturated heterocycles. The van der Waals surface area contributed by atoms with Crippen LogP contribution in [0.1, 0.15) is 13.8 Å². The lowest BCUT2D eigenvalue weighted by atomic mass is 9.94. The predicted molar refractivity (Wildman–Crippen MR) is 320 cm³/mol. The van der Waals surface area contributed by atoms with Crippen LogP contribution in [0.3, 0.4) is 0 Å². The molecule has 106 heavy (non-hydrogen) atoms. The van der Waals surface area contributed by atoms with Crippen molar-refractivity contribution in [2.45, 2.75) is 290 Å². The Hall–Kier alpha value is -2.82. The van der Waals surface area contributed by atoms with Gasteiger partial charge in [-0.25, -0.2) is 0 Å². The summed E-state index contributed by atoms with van der Waals surface area (Å²) < 4.78 is 98.4. The van der Waals surface area contributed by atoms with Crippen molar-refractivity contribution in [3.8, 4) is 0 Å². The van der Waals surface area contributed by atoms with Crippen molar-refractivity contribution in [1.29, 1.82) is 0 Å². The van der Waals surface area contributed by atoms with Crippen LogP contribution >= 0.6 is 0 Å². The zero-order chi connectivity index (χ0) is 77.9. The Morgan fingerprint density at radius 1 is 0.245 bits per heavy atom. The Kier molecular flexibility index (Phi) is 31.1. The summed E-state index contributed by atoms with van der Waals surface area (Å²) in [5.74, 6) is -1.72. The summed E-state index contributed by atoms with van der Waals surface area (Å²) in [5, 5.41) is 301. The fourth-order valence-electron chi connectivity index (χ4n) is 13.5. The number of ether oxygens (including phenoxy) is 17. The lowest BCUT2D eigenvalue weighted by Crippen LogP contribution is -2.70. The molecule has 2 amide bonds. The first-order valence-electron chi connectivity index (χ1n) is 33.7. The minimum Gasteiger partial charge on any atom is -0.394 e. The van der Waals surface area contributed by atoms with Gasteiger partial charge in [0, 0.05) is 13.8 Å². The van der Waals surface area contributed by atoms with E-state index in [1.54, 1.807) is 0 Å². The zero-order valence-corrected chi connectivity index (χ0v) is 56.2. The van der Waals surface area contributed by atoms with Gasteiger partial charge in [0.1, 0.15) is 220 Å². The molecule has 9 heterocycles. The van der Waals surface area contributed by atoms with Crippen LogP contribution in [0.4, 0.5) is 0 Å². The van der Waals surface area contributed by atoms with Crippen molar-refractivity contribution in [2.24, 2.45) is 0 Å². The largest absolute Gasteiger partial charge is 0.394 e. The molecule has 0 spiro atoms. The second kappa shape index (κ2) is 37.9. The monoisotopic (exact) mass is 1560 g/mol. The van der Waals surface area contributed by atoms with Gasteiger partial charge in [0.2, 0.25) is 11.8 Å². The molecular formula is C58H98N2O46. The van der Waals surface area contributed by atoms with Gasteiger partial charge in [0.05, 0.1) is 59.5 Å². The first-order valence-corrected chi connectivity index (χ1v) is 33.7. The van der Waals surface area contributed by atoms with Crippen LogP contribution in [-0.2, 0) is 90.1 Å². The van der Waals surface area contributed by atoms with Crippen LogP contribution < -0.4 is 10.6 Å². The molecule has 9 aliphatic heterocycles. The minimum atomic E-state index is -2.54. The molecule has 48 nitrogen and oxygen atoms in total. The highest BCUT2D eigenvalue weighted by Gasteiger charge is 2.60. The van der Waals surface area contributed by atoms with Crippen molar-refractivity contribution >= 4 is 11.8 Å². The molecule has 0 radical (unpaired) electrons. The maximum Gasteiger partial charge on any atom is 0.217 e. The van der Waals surface area contributed by atoms with Crippen molar-refractivity contribution in [3.05, 3.63) is 0 Å². The van der Waals surface area contributed by atoms with Crippen LogP contribution in [0, 0.1) is 0 Å². The maximum absolute atomic E-state index is 12.9. The van der Waals surface area contributed by atoms with E-state index in [4.69, 9.17) is 80.5 Å². The summed E-state index contributed by atoms with van der Waals surface area (Å²) in [5.41, 5.74) is 0. The van der Waals surface area contributed by atoms with Crippen LogP contribution in [-0.4, -0.2) is 485 Å². The van der Waals surface area contributed by atoms with E-state index in [1.807, 2.05) is 0 Å². The van der Waals surface area contributed by atoms with E-state index in [0.717, 1.165) is 13.8 Å². The van der Waals surface area contributed by atoms with E-state index in [2.05, 4.69) is 10.6 Å². The van der Waals surface area contributed by atoms with Crippen LogP contribution in [0.25, 0.3) is 0 Å². The minimum absolute atomic E-state index is 0.782. The molecule has 9 fully saturated rings. The third-order valence-corrected chi connectivity index (χ3v) is 19.5. The highest BCUT2D eigenvalue weighted by molar-refractivity contribution is 5.73. The third-order valence-electron chi connectivity index (χ3n) is 19.5. The predicted octanol–water partition coefficient (Wildman–Crippen LogP) is -20.3. The fourth-order valence-corrected chi connectivity index (χ4v) is 13.5. The first-order chi connectivity index (χ1) is 50.2. The molecule has 0 aromatic rings. The SMILES string of the molecule is CC(=O)N[C@H]1[C@H](O[C@H]2[C@H](O)[C@@H](NC(C)=O)C(O)O[C@@H]2CO)O[C@H](CO)[C@@H](O[C@@H]2O[C@H](CO[C@H]3O[C@H](CO[C@H]4O[C@H](CO)[C@@H](O)[C@H](O[C@H]5O[C@H](CO)[C@@H](O)[C@H](O)[C@@H]5O)[C@@H]4O)[C@@H](O)[C@H](O[C@H]4O[C@H](CO)[C@@H](O)[C@H](O)[C@@H]4O)[C@@H]3O)[C@@H](O)[C@H](O[C@H]3O[C@H](CO)[C@@H](O)[C@H](O)[C@@H]3O[C@H]3O[C@H](CO)[C@@H](O)[C@H](O)[C@@H]3O)[C@@H]2O)[C@@H]1O. The second-order valence-electron chi connectivity index (χ2n) is 26.7. The van der Waals surface area contributed by atoms with Gasteiger partial charge in [0.15, 0.2) is 56.6 Å². The molecule has 45 atom stereocenters. The summed E-state index contributed by atoms with van der Waals surface area (Å²) in [6.45, 7) is -7.71. The van der Waals surface area contributed by atoms with Crippen molar-refractivity contribution in [3.63, 3.8) is 0 Å². The Balaban J connectivity index is 1.03. The smallest absolute Gasteiger partial charge is 0.217 e. The molecule has 0 aromatic heterocycles. The van der Waals surface area contributed by atoms with E-state index in [0.29, 0.717) is 0 Å². The zero-order valence-electron chi connectivity index (χ0n) is 56.2. The van der Waals surface area contributed by atoms with Gasteiger partial charge in [-0.2, -0.15) is 0 Å². The molecule has 0 saturated carbocycles. The first kappa shape index (κ1) is 87.2. The quantitative estimate of drug-likeness (QED) is 0.0363. The van der Waals surface area contributed by atoms with Crippen LogP contribution in [0.15, 0.2) is 0 Å². The molecule has 0 aromatic carbocycles. The topological polar surface area (TPSA) is 761 Å². The maximum atomic E-state index is 12.9. The highest BCUT2D eigenvalue weighted by atomic mass is 16.8. The Morgan fingerprint density at radius 2 is 0.509 bits per heavy atom. The summed E-state index contributed by atoms with van der Waals surface area (Å²) in [4.78, 5) is 25.0. The lowest BCUT2D eigenvalue weighted by molar-refractivity contribution is -0.399. The molecule has 0 aliphatic carbocycles. The number of carbonyl (C=O) groups is 2. The third kappa shape index (κ3) is 18.7. The van der Waals surface area contributed by atoms with Gasteiger partial charge in [0.25, 0.3) is 0 Å². The Morgan fingerprint density at radius 3 is 0.915 bits per heavy atom. The summed E-state index contributed by atoms with van der Waals surface area (Å²) in [7, 11) is 0. The van der Waals surface area contributed by atoms with Gasteiger partial charge < -0.3 is 229 Å². The molecule has 0 bridgehead atoms. The number of hydrogen-bond acceptors (Lipinski definition) is 46. The number of aliphatic hydroxyl groups excluding tert-OH is 27. The average molecular weight is 1560 g/mol. The molecule has 9 rings (SSSR count). The number of hydrogen-bond donors (Lipinski definition) is 29. The lowest BCUT2D eigenvalue weighted by Gasteiger charge is -2.50. The normalized spacial score (nSPS) is 51.2. The van der Waals surface area contributed by atoms with Crippen molar-refractivity contribution in [1.82, 2.24) is 10.6 Å². The average Bonchev–Trinajstić information content (AvgIpc) is 0.771. The summed E-state index contributed by atoms with van der Waals surface area (Å²) >= 11 is 0. The Labute approximate surface area is 598 Å². The van der Waals surface area contributed by atoms with E-state index < -0.39 is 348 Å². The number of nitrogens with one attached hydrogen (secondary N) is 2. The van der Waals surface area contributed by atoms with Crippen molar-refractivity contribution in [2.75, 3.05) is 59.5 Å². The van der Waals surface area contributed by atoms with Gasteiger partial charge in [-0.3, -0.25) is 9.59 Å². The van der Waals surface area contributed by atoms with E-state index >= 15 is 0 Å². The summed E-state index contributed by atoms with van der Waals surface area (Å²) in [6.07, 6.45) is -89.9. The molecular weight excluding hydrogens is 1460 g/mol. The van der Waals surface area contributed by atoms with E-state index in [9.17, 15) is 147 Å². The van der Waals surface area contributed by atoms with E-state index in [-0.39, 0.29) is 0 Å². The van der Waals surface area contributed by atoms with Gasteiger partial charge in [-0.05, 0) is 0 Å². The molecule has 616 valence electrons. The standard InChI is InChI=1S/C58H98N2O46/c1-12(68)59-23-32(77)44(19(8-66)92-50(23)89)101-51-24(60-13(2)69)33(78)45(20(9-67)98-51)102-57-43(88)48(105-58-49(37(82)28(73)17(6-64)97-58)106-56-40(85)36(81)27(72)16(5-63)96-56)31(76)22(100-57)11-91-53-42(87)47(104-55-39(84)35(80)26(71)15(4-62)95-55)30(75)21(99-53)10-90-52-41(86)46(29(74)18(7-65)93-52)103-54-38(83)34(79)25(70)14(3-61)94-54/h14-58,61-67,70-89H,3-11H2,1-2H3,(H,59,68)(H,60,69)/t14-,15-,16-,17-,18-,19-,20-,21-,22-,23-,24-,25-,26-,27-,28-,29-,30-,31-,32-,33-,34+,35+,36+,37+,38+,39+,40+,41+,42+,43+,44-,45-,46+,47+,48+,49+,50?,51+,52+,53+,54-,55-,56-,57+,58-/m1/s1.